The topological polar surface area (TPSA) is 53.9 Å². The van der Waals surface area contributed by atoms with E-state index < -0.39 is 0 Å². The highest BCUT2D eigenvalue weighted by molar-refractivity contribution is 7.71. The molecule has 0 saturated carbocycles. The summed E-state index contributed by atoms with van der Waals surface area (Å²) in [6.45, 7) is 6.39. The molecule has 0 atom stereocenters. The van der Waals surface area contributed by atoms with E-state index in [4.69, 9.17) is 12.2 Å². The number of nitrogens with zero attached hydrogens (tertiary/aromatic N) is 3. The van der Waals surface area contributed by atoms with Gasteiger partial charge < -0.3 is 4.90 Å². The third kappa shape index (κ3) is 3.43. The second kappa shape index (κ2) is 6.32. The molecule has 1 saturated heterocycles. The third-order valence-electron chi connectivity index (χ3n) is 3.74. The molecule has 2 heterocycles. The van der Waals surface area contributed by atoms with Crippen molar-refractivity contribution in [2.24, 2.45) is 5.92 Å². The minimum atomic E-state index is 0.154. The molecule has 19 heavy (non-hydrogen) atoms. The first-order chi connectivity index (χ1) is 9.11. The number of hydrogen-bond donors (Lipinski definition) is 1. The van der Waals surface area contributed by atoms with E-state index >= 15 is 0 Å². The van der Waals surface area contributed by atoms with Gasteiger partial charge in [0.05, 0.1) is 0 Å². The van der Waals surface area contributed by atoms with Crippen molar-refractivity contribution in [3.63, 3.8) is 0 Å². The third-order valence-corrected chi connectivity index (χ3v) is 4.05. The SMILES string of the molecule is CCCc1n[nH]c(=S)n1CC(=O)N1CCC(C)CC1. The Labute approximate surface area is 119 Å². The van der Waals surface area contributed by atoms with Gasteiger partial charge >= 0.3 is 0 Å². The lowest BCUT2D eigenvalue weighted by Gasteiger charge is -2.30. The van der Waals surface area contributed by atoms with Crippen LogP contribution in [-0.2, 0) is 17.8 Å². The largest absolute Gasteiger partial charge is 0.341 e. The number of H-pyrrole nitrogens is 1. The zero-order valence-corrected chi connectivity index (χ0v) is 12.5. The van der Waals surface area contributed by atoms with Crippen LogP contribution in [0.3, 0.4) is 0 Å². The minimum Gasteiger partial charge on any atom is -0.341 e. The highest BCUT2D eigenvalue weighted by Gasteiger charge is 2.21. The van der Waals surface area contributed by atoms with Crippen LogP contribution in [-0.4, -0.2) is 38.7 Å². The Balaban J connectivity index is 2.02. The van der Waals surface area contributed by atoms with Crippen molar-refractivity contribution in [3.05, 3.63) is 10.6 Å². The minimum absolute atomic E-state index is 0.154. The molecule has 1 fully saturated rings. The summed E-state index contributed by atoms with van der Waals surface area (Å²) in [5.74, 6) is 1.77. The monoisotopic (exact) mass is 282 g/mol. The number of amides is 1. The summed E-state index contributed by atoms with van der Waals surface area (Å²) < 4.78 is 2.38. The fraction of sp³-hybridized carbons (Fsp3) is 0.769. The van der Waals surface area contributed by atoms with E-state index in [2.05, 4.69) is 24.0 Å². The summed E-state index contributed by atoms with van der Waals surface area (Å²) in [5, 5.41) is 6.97. The van der Waals surface area contributed by atoms with E-state index in [-0.39, 0.29) is 5.91 Å². The number of rotatable bonds is 4. The lowest BCUT2D eigenvalue weighted by Crippen LogP contribution is -2.40. The van der Waals surface area contributed by atoms with Crippen molar-refractivity contribution in [1.82, 2.24) is 19.7 Å². The van der Waals surface area contributed by atoms with Crippen LogP contribution < -0.4 is 0 Å². The van der Waals surface area contributed by atoms with Gasteiger partial charge in [0.25, 0.3) is 0 Å². The maximum atomic E-state index is 12.3. The van der Waals surface area contributed by atoms with Crippen molar-refractivity contribution >= 4 is 18.1 Å². The maximum absolute atomic E-state index is 12.3. The van der Waals surface area contributed by atoms with Crippen LogP contribution in [0.4, 0.5) is 0 Å². The molecular weight excluding hydrogens is 260 g/mol. The molecule has 0 aromatic carbocycles. The number of aromatic amines is 1. The molecule has 1 aliphatic rings. The Morgan fingerprint density at radius 3 is 2.79 bits per heavy atom. The van der Waals surface area contributed by atoms with E-state index in [0.29, 0.717) is 11.3 Å². The lowest BCUT2D eigenvalue weighted by molar-refractivity contribution is -0.133. The zero-order valence-electron chi connectivity index (χ0n) is 11.7. The zero-order chi connectivity index (χ0) is 13.8. The molecule has 0 bridgehead atoms. The number of carbonyl (C=O) groups is 1. The summed E-state index contributed by atoms with van der Waals surface area (Å²) in [7, 11) is 0. The van der Waals surface area contributed by atoms with Gasteiger partial charge in [0.1, 0.15) is 12.4 Å². The quantitative estimate of drug-likeness (QED) is 0.861. The highest BCUT2D eigenvalue weighted by Crippen LogP contribution is 2.16. The Hall–Kier alpha value is -1.17. The second-order valence-electron chi connectivity index (χ2n) is 5.34. The predicted octanol–water partition coefficient (Wildman–Crippen LogP) is 2.15. The molecular formula is C13H22N4OS. The van der Waals surface area contributed by atoms with Gasteiger partial charge in [0.15, 0.2) is 4.77 Å². The Morgan fingerprint density at radius 2 is 2.16 bits per heavy atom. The van der Waals surface area contributed by atoms with Gasteiger partial charge in [-0.3, -0.25) is 14.5 Å². The first kappa shape index (κ1) is 14.2. The molecule has 1 amide bonds. The summed E-state index contributed by atoms with van der Waals surface area (Å²) >= 11 is 5.20. The van der Waals surface area contributed by atoms with Crippen LogP contribution >= 0.6 is 12.2 Å². The maximum Gasteiger partial charge on any atom is 0.242 e. The lowest BCUT2D eigenvalue weighted by atomic mass is 9.99. The second-order valence-corrected chi connectivity index (χ2v) is 5.73. The summed E-state index contributed by atoms with van der Waals surface area (Å²) in [6.07, 6.45) is 4.04. The van der Waals surface area contributed by atoms with Crippen molar-refractivity contribution in [2.75, 3.05) is 13.1 Å². The van der Waals surface area contributed by atoms with Crippen LogP contribution in [0.2, 0.25) is 0 Å². The van der Waals surface area contributed by atoms with E-state index in [1.54, 1.807) is 0 Å². The average molecular weight is 282 g/mol. The molecule has 5 nitrogen and oxygen atoms in total. The molecule has 1 N–H and O–H groups in total. The van der Waals surface area contributed by atoms with E-state index in [1.165, 1.54) is 0 Å². The number of piperidine rings is 1. The molecule has 0 spiro atoms. The van der Waals surface area contributed by atoms with E-state index in [0.717, 1.165) is 50.5 Å². The van der Waals surface area contributed by atoms with Crippen LogP contribution in [0.1, 0.15) is 38.9 Å². The van der Waals surface area contributed by atoms with Crippen LogP contribution in [0, 0.1) is 10.7 Å². The van der Waals surface area contributed by atoms with Crippen LogP contribution in [0.25, 0.3) is 0 Å². The molecule has 0 aliphatic carbocycles. The number of hydrogen-bond acceptors (Lipinski definition) is 3. The smallest absolute Gasteiger partial charge is 0.242 e. The first-order valence-electron chi connectivity index (χ1n) is 7.03. The number of aromatic nitrogens is 3. The summed E-state index contributed by atoms with van der Waals surface area (Å²) in [5.41, 5.74) is 0. The molecule has 106 valence electrons. The van der Waals surface area contributed by atoms with Crippen molar-refractivity contribution in [1.29, 1.82) is 0 Å². The Morgan fingerprint density at radius 1 is 1.47 bits per heavy atom. The molecule has 0 unspecified atom stereocenters. The fourth-order valence-electron chi connectivity index (χ4n) is 2.42. The average Bonchev–Trinajstić information content (AvgIpc) is 2.73. The Bertz CT molecular complexity index is 485. The molecule has 1 aromatic heterocycles. The van der Waals surface area contributed by atoms with Crippen LogP contribution in [0.5, 0.6) is 0 Å². The number of aryl methyl sites for hydroxylation is 1. The van der Waals surface area contributed by atoms with Gasteiger partial charge in [-0.15, -0.1) is 0 Å². The van der Waals surface area contributed by atoms with Gasteiger partial charge in [-0.05, 0) is 37.4 Å². The number of likely N-dealkylation sites (tertiary alicyclic amines) is 1. The van der Waals surface area contributed by atoms with Crippen molar-refractivity contribution in [3.8, 4) is 0 Å². The summed E-state index contributed by atoms with van der Waals surface area (Å²) in [6, 6.07) is 0. The molecule has 1 aliphatic heterocycles. The highest BCUT2D eigenvalue weighted by atomic mass is 32.1. The van der Waals surface area contributed by atoms with E-state index in [1.807, 2.05) is 9.47 Å². The number of carbonyl (C=O) groups excluding carboxylic acids is 1. The standard InChI is InChI=1S/C13H22N4OS/c1-3-4-11-14-15-13(19)17(11)9-12(18)16-7-5-10(2)6-8-16/h10H,3-9H2,1-2H3,(H,15,19). The molecule has 6 heteroatoms. The predicted molar refractivity (Wildman–Crippen MR) is 76.4 cm³/mol. The summed E-state index contributed by atoms with van der Waals surface area (Å²) in [4.78, 5) is 14.2. The van der Waals surface area contributed by atoms with Gasteiger partial charge in [-0.1, -0.05) is 13.8 Å². The van der Waals surface area contributed by atoms with Gasteiger partial charge in [-0.2, -0.15) is 5.10 Å². The first-order valence-corrected chi connectivity index (χ1v) is 7.44. The molecule has 1 aromatic rings. The van der Waals surface area contributed by atoms with E-state index in [9.17, 15) is 4.79 Å². The van der Waals surface area contributed by atoms with Crippen LogP contribution in [0.15, 0.2) is 0 Å². The van der Waals surface area contributed by atoms with Gasteiger partial charge in [0, 0.05) is 19.5 Å². The fourth-order valence-corrected chi connectivity index (χ4v) is 2.64. The van der Waals surface area contributed by atoms with Crippen molar-refractivity contribution in [2.45, 2.75) is 46.1 Å². The van der Waals surface area contributed by atoms with Gasteiger partial charge in [0.2, 0.25) is 5.91 Å². The number of nitrogens with one attached hydrogen (secondary N) is 1. The normalized spacial score (nSPS) is 16.8. The molecule has 0 radical (unpaired) electrons. The van der Waals surface area contributed by atoms with Gasteiger partial charge in [-0.25, -0.2) is 0 Å². The Kier molecular flexibility index (Phi) is 4.74. The molecule has 2 rings (SSSR count). The van der Waals surface area contributed by atoms with Crippen molar-refractivity contribution < 1.29 is 4.79 Å².